The molecule has 2 aromatic rings. The molecule has 1 N–H and O–H groups in total. The van der Waals surface area contributed by atoms with Crippen LogP contribution in [-0.4, -0.2) is 19.7 Å². The molecule has 0 fully saturated rings. The molecule has 0 atom stereocenters. The van der Waals surface area contributed by atoms with Crippen molar-refractivity contribution in [2.45, 2.75) is 13.3 Å². The largest absolute Gasteiger partial charge is 0.491 e. The van der Waals surface area contributed by atoms with Crippen molar-refractivity contribution in [3.8, 4) is 16.9 Å². The molecular weight excluding hydrogens is 270 g/mol. The van der Waals surface area contributed by atoms with Crippen LogP contribution < -0.4 is 10.1 Å². The van der Waals surface area contributed by atoms with Crippen LogP contribution in [0.1, 0.15) is 13.3 Å². The van der Waals surface area contributed by atoms with Gasteiger partial charge in [0.05, 0.1) is 5.02 Å². The highest BCUT2D eigenvalue weighted by Gasteiger charge is 2.04. The highest BCUT2D eigenvalue weighted by atomic mass is 35.5. The lowest BCUT2D eigenvalue weighted by molar-refractivity contribution is 0.314. The molecule has 0 unspecified atom stereocenters. The molecule has 0 aliphatic rings. The fourth-order valence-corrected chi connectivity index (χ4v) is 2.20. The second kappa shape index (κ2) is 7.93. The Morgan fingerprint density at radius 1 is 1.00 bits per heavy atom. The van der Waals surface area contributed by atoms with Crippen molar-refractivity contribution < 1.29 is 4.74 Å². The topological polar surface area (TPSA) is 21.3 Å². The quantitative estimate of drug-likeness (QED) is 0.764. The summed E-state index contributed by atoms with van der Waals surface area (Å²) in [4.78, 5) is 0. The molecular formula is C17H20ClNO. The molecule has 2 nitrogen and oxygen atoms in total. The number of hydrogen-bond donors (Lipinski definition) is 1. The van der Waals surface area contributed by atoms with Crippen molar-refractivity contribution in [1.82, 2.24) is 5.32 Å². The molecule has 2 aromatic carbocycles. The first-order valence-corrected chi connectivity index (χ1v) is 7.37. The summed E-state index contributed by atoms with van der Waals surface area (Å²) in [5.41, 5.74) is 2.26. The van der Waals surface area contributed by atoms with Crippen LogP contribution in [0.4, 0.5) is 0 Å². The number of hydrogen-bond acceptors (Lipinski definition) is 2. The molecule has 0 aliphatic carbocycles. The van der Waals surface area contributed by atoms with E-state index in [-0.39, 0.29) is 0 Å². The van der Waals surface area contributed by atoms with E-state index in [9.17, 15) is 0 Å². The van der Waals surface area contributed by atoms with Gasteiger partial charge in [0.25, 0.3) is 0 Å². The molecule has 0 bridgehead atoms. The minimum atomic E-state index is 0.629. The van der Waals surface area contributed by atoms with Gasteiger partial charge >= 0.3 is 0 Å². The van der Waals surface area contributed by atoms with E-state index in [4.69, 9.17) is 16.3 Å². The standard InChI is InChI=1S/C17H20ClNO/c1-2-10-19-11-12-20-17-9-8-15(13-16(17)18)14-6-4-3-5-7-14/h3-9,13,19H,2,10-12H2,1H3. The Morgan fingerprint density at radius 3 is 2.50 bits per heavy atom. The highest BCUT2D eigenvalue weighted by molar-refractivity contribution is 6.32. The summed E-state index contributed by atoms with van der Waals surface area (Å²) in [6, 6.07) is 16.1. The first kappa shape index (κ1) is 14.9. The van der Waals surface area contributed by atoms with E-state index in [1.165, 1.54) is 0 Å². The van der Waals surface area contributed by atoms with Crippen LogP contribution in [0.2, 0.25) is 5.02 Å². The summed E-state index contributed by atoms with van der Waals surface area (Å²) >= 11 is 6.27. The maximum atomic E-state index is 6.27. The number of halogens is 1. The summed E-state index contributed by atoms with van der Waals surface area (Å²) in [7, 11) is 0. The minimum absolute atomic E-state index is 0.629. The maximum absolute atomic E-state index is 6.27. The normalized spacial score (nSPS) is 10.5. The Kier molecular flexibility index (Phi) is 5.90. The number of benzene rings is 2. The Labute approximate surface area is 125 Å². The average molecular weight is 290 g/mol. The van der Waals surface area contributed by atoms with E-state index in [1.54, 1.807) is 0 Å². The van der Waals surface area contributed by atoms with Gasteiger partial charge in [-0.05, 0) is 36.2 Å². The van der Waals surface area contributed by atoms with E-state index in [0.717, 1.165) is 36.4 Å². The lowest BCUT2D eigenvalue weighted by atomic mass is 10.1. The van der Waals surface area contributed by atoms with Crippen molar-refractivity contribution in [3.63, 3.8) is 0 Å². The third kappa shape index (κ3) is 4.26. The molecule has 0 saturated carbocycles. The van der Waals surface area contributed by atoms with Crippen LogP contribution in [0.5, 0.6) is 5.75 Å². The minimum Gasteiger partial charge on any atom is -0.491 e. The SMILES string of the molecule is CCCNCCOc1ccc(-c2ccccc2)cc1Cl. The smallest absolute Gasteiger partial charge is 0.137 e. The van der Waals surface area contributed by atoms with Gasteiger partial charge in [0.2, 0.25) is 0 Å². The van der Waals surface area contributed by atoms with Gasteiger partial charge in [-0.2, -0.15) is 0 Å². The van der Waals surface area contributed by atoms with Gasteiger partial charge in [-0.3, -0.25) is 0 Å². The van der Waals surface area contributed by atoms with Gasteiger partial charge in [-0.25, -0.2) is 0 Å². The summed E-state index contributed by atoms with van der Waals surface area (Å²) in [6.45, 7) is 4.63. The third-order valence-electron chi connectivity index (χ3n) is 3.00. The first-order valence-electron chi connectivity index (χ1n) is 6.99. The Morgan fingerprint density at radius 2 is 1.80 bits per heavy atom. The monoisotopic (exact) mass is 289 g/mol. The van der Waals surface area contributed by atoms with Crippen LogP contribution >= 0.6 is 11.6 Å². The lowest BCUT2D eigenvalue weighted by Crippen LogP contribution is -2.21. The zero-order valence-electron chi connectivity index (χ0n) is 11.7. The number of rotatable bonds is 7. The Bertz CT molecular complexity index is 528. The van der Waals surface area contributed by atoms with Crippen molar-refractivity contribution in [3.05, 3.63) is 53.6 Å². The van der Waals surface area contributed by atoms with E-state index >= 15 is 0 Å². The van der Waals surface area contributed by atoms with Crippen molar-refractivity contribution in [2.75, 3.05) is 19.7 Å². The summed E-state index contributed by atoms with van der Waals surface area (Å²) in [6.07, 6.45) is 1.13. The molecule has 0 saturated heterocycles. The van der Waals surface area contributed by atoms with Crippen LogP contribution in [0.3, 0.4) is 0 Å². The van der Waals surface area contributed by atoms with Crippen LogP contribution in [0.15, 0.2) is 48.5 Å². The molecule has 0 spiro atoms. The highest BCUT2D eigenvalue weighted by Crippen LogP contribution is 2.30. The Hall–Kier alpha value is -1.51. The van der Waals surface area contributed by atoms with Crippen LogP contribution in [-0.2, 0) is 0 Å². The van der Waals surface area contributed by atoms with Gasteiger partial charge < -0.3 is 10.1 Å². The predicted octanol–water partition coefficient (Wildman–Crippen LogP) is 4.39. The van der Waals surface area contributed by atoms with Gasteiger partial charge in [0.1, 0.15) is 12.4 Å². The molecule has 0 radical (unpaired) electrons. The van der Waals surface area contributed by atoms with Crippen LogP contribution in [0, 0.1) is 0 Å². The molecule has 0 heterocycles. The first-order chi connectivity index (χ1) is 9.81. The number of ether oxygens (including phenoxy) is 1. The lowest BCUT2D eigenvalue weighted by Gasteiger charge is -2.10. The number of nitrogens with one attached hydrogen (secondary N) is 1. The molecule has 20 heavy (non-hydrogen) atoms. The zero-order valence-corrected chi connectivity index (χ0v) is 12.5. The van der Waals surface area contributed by atoms with E-state index in [2.05, 4.69) is 24.4 Å². The Balaban J connectivity index is 1.96. The third-order valence-corrected chi connectivity index (χ3v) is 3.30. The summed E-state index contributed by atoms with van der Waals surface area (Å²) < 4.78 is 5.68. The van der Waals surface area contributed by atoms with Crippen molar-refractivity contribution in [2.24, 2.45) is 0 Å². The molecule has 0 aromatic heterocycles. The summed E-state index contributed by atoms with van der Waals surface area (Å²) in [5, 5.41) is 3.95. The van der Waals surface area contributed by atoms with Gasteiger partial charge in [-0.15, -0.1) is 0 Å². The molecule has 2 rings (SSSR count). The average Bonchev–Trinajstić information content (AvgIpc) is 2.49. The van der Waals surface area contributed by atoms with Crippen LogP contribution in [0.25, 0.3) is 11.1 Å². The second-order valence-corrected chi connectivity index (χ2v) is 5.02. The fourth-order valence-electron chi connectivity index (χ4n) is 1.96. The van der Waals surface area contributed by atoms with Gasteiger partial charge in [-0.1, -0.05) is 54.9 Å². The zero-order chi connectivity index (χ0) is 14.2. The predicted molar refractivity (Wildman–Crippen MR) is 85.5 cm³/mol. The molecule has 0 aliphatic heterocycles. The second-order valence-electron chi connectivity index (χ2n) is 4.61. The van der Waals surface area contributed by atoms with Crippen molar-refractivity contribution >= 4 is 11.6 Å². The van der Waals surface area contributed by atoms with Gasteiger partial charge in [0, 0.05) is 6.54 Å². The van der Waals surface area contributed by atoms with Crippen molar-refractivity contribution in [1.29, 1.82) is 0 Å². The van der Waals surface area contributed by atoms with E-state index < -0.39 is 0 Å². The molecule has 0 amide bonds. The molecule has 3 heteroatoms. The molecule has 106 valence electrons. The van der Waals surface area contributed by atoms with E-state index in [0.29, 0.717) is 11.6 Å². The van der Waals surface area contributed by atoms with E-state index in [1.807, 2.05) is 36.4 Å². The summed E-state index contributed by atoms with van der Waals surface area (Å²) in [5.74, 6) is 0.740. The van der Waals surface area contributed by atoms with Gasteiger partial charge in [0.15, 0.2) is 0 Å². The fraction of sp³-hybridized carbons (Fsp3) is 0.294. The maximum Gasteiger partial charge on any atom is 0.137 e.